The number of aliphatic hydroxyl groups is 1. The van der Waals surface area contributed by atoms with Crippen molar-refractivity contribution >= 4 is 44.4 Å². The molecule has 1 unspecified atom stereocenters. The highest BCUT2D eigenvalue weighted by molar-refractivity contribution is 14.1. The van der Waals surface area contributed by atoms with Crippen molar-refractivity contribution in [3.63, 3.8) is 0 Å². The number of halogens is 2. The van der Waals surface area contributed by atoms with Gasteiger partial charge in [-0.05, 0) is 76.0 Å². The van der Waals surface area contributed by atoms with Gasteiger partial charge in [-0.25, -0.2) is 0 Å². The second-order valence-corrected chi connectivity index (χ2v) is 6.53. The van der Waals surface area contributed by atoms with E-state index in [-0.39, 0.29) is 18.6 Å². The number of amides is 1. The van der Waals surface area contributed by atoms with Gasteiger partial charge in [0.2, 0.25) is 0 Å². The van der Waals surface area contributed by atoms with Gasteiger partial charge >= 0.3 is 0 Å². The van der Waals surface area contributed by atoms with Gasteiger partial charge in [0, 0.05) is 27.2 Å². The van der Waals surface area contributed by atoms with Gasteiger partial charge in [-0.1, -0.05) is 0 Å². The Hall–Kier alpha value is -0.140. The third kappa shape index (κ3) is 3.05. The number of benzene rings is 1. The maximum atomic E-state index is 12.5. The van der Waals surface area contributed by atoms with E-state index in [4.69, 9.17) is 5.11 Å². The van der Waals surface area contributed by atoms with Crippen LogP contribution in [-0.4, -0.2) is 35.1 Å². The molecule has 1 heterocycles. The fraction of sp³-hybridized carbons (Fsp3) is 0.462. The van der Waals surface area contributed by atoms with Crippen LogP contribution in [0.5, 0.6) is 0 Å². The van der Waals surface area contributed by atoms with Crippen LogP contribution in [0.2, 0.25) is 0 Å². The summed E-state index contributed by atoms with van der Waals surface area (Å²) >= 11 is 5.65. The van der Waals surface area contributed by atoms with Crippen molar-refractivity contribution in [1.82, 2.24) is 4.90 Å². The molecule has 3 nitrogen and oxygen atoms in total. The summed E-state index contributed by atoms with van der Waals surface area (Å²) in [4.78, 5) is 14.4. The molecule has 18 heavy (non-hydrogen) atoms. The monoisotopic (exact) mass is 423 g/mol. The zero-order valence-electron chi connectivity index (χ0n) is 9.90. The maximum Gasteiger partial charge on any atom is 0.255 e. The molecular weight excluding hydrogens is 409 g/mol. The molecule has 0 spiro atoms. The lowest BCUT2D eigenvalue weighted by atomic mass is 10.1. The fourth-order valence-electron chi connectivity index (χ4n) is 2.37. The summed E-state index contributed by atoms with van der Waals surface area (Å²) in [5, 5.41) is 9.05. The molecule has 0 bridgehead atoms. The number of likely N-dealkylation sites (tertiary alicyclic amines) is 1. The van der Waals surface area contributed by atoms with E-state index in [1.807, 2.05) is 23.1 Å². The molecule has 1 amide bonds. The number of carbonyl (C=O) groups is 1. The van der Waals surface area contributed by atoms with E-state index in [0.717, 1.165) is 27.4 Å². The summed E-state index contributed by atoms with van der Waals surface area (Å²) in [6, 6.07) is 5.97. The third-order valence-corrected chi connectivity index (χ3v) is 4.62. The van der Waals surface area contributed by atoms with Gasteiger partial charge in [-0.15, -0.1) is 0 Å². The normalized spacial score (nSPS) is 19.3. The first kappa shape index (κ1) is 14.3. The molecule has 0 saturated carbocycles. The Labute approximate surface area is 129 Å². The second-order valence-electron chi connectivity index (χ2n) is 4.43. The number of hydrogen-bond acceptors (Lipinski definition) is 2. The van der Waals surface area contributed by atoms with Gasteiger partial charge in [0.15, 0.2) is 0 Å². The van der Waals surface area contributed by atoms with Crippen LogP contribution in [0.15, 0.2) is 22.7 Å². The molecule has 1 aliphatic heterocycles. The lowest BCUT2D eigenvalue weighted by Gasteiger charge is -2.24. The van der Waals surface area contributed by atoms with Crippen molar-refractivity contribution < 1.29 is 9.90 Å². The van der Waals surface area contributed by atoms with E-state index in [0.29, 0.717) is 12.0 Å². The second kappa shape index (κ2) is 6.34. The van der Waals surface area contributed by atoms with Crippen LogP contribution in [0.25, 0.3) is 0 Å². The van der Waals surface area contributed by atoms with Gasteiger partial charge in [-0.3, -0.25) is 4.79 Å². The smallest absolute Gasteiger partial charge is 0.255 e. The SMILES string of the molecule is O=C(c1cc(I)ccc1Br)N1CCCC1CCO. The fourth-order valence-corrected chi connectivity index (χ4v) is 3.28. The van der Waals surface area contributed by atoms with Gasteiger partial charge in [-0.2, -0.15) is 0 Å². The Balaban J connectivity index is 2.22. The topological polar surface area (TPSA) is 40.5 Å². The Bertz CT molecular complexity index is 453. The summed E-state index contributed by atoms with van der Waals surface area (Å²) in [5.74, 6) is 0.0661. The Morgan fingerprint density at radius 2 is 2.33 bits per heavy atom. The molecule has 1 fully saturated rings. The molecule has 1 saturated heterocycles. The summed E-state index contributed by atoms with van der Waals surface area (Å²) in [6.07, 6.45) is 2.69. The van der Waals surface area contributed by atoms with Gasteiger partial charge in [0.1, 0.15) is 0 Å². The van der Waals surface area contributed by atoms with Crippen molar-refractivity contribution in [1.29, 1.82) is 0 Å². The van der Waals surface area contributed by atoms with E-state index in [2.05, 4.69) is 38.5 Å². The molecule has 1 aromatic carbocycles. The standard InChI is InChI=1S/C13H15BrINO2/c14-12-4-3-9(15)8-11(12)13(18)16-6-1-2-10(16)5-7-17/h3-4,8,10,17H,1-2,5-7H2. The van der Waals surface area contributed by atoms with Crippen LogP contribution < -0.4 is 0 Å². The molecule has 1 aromatic rings. The van der Waals surface area contributed by atoms with E-state index in [9.17, 15) is 4.79 Å². The molecule has 0 radical (unpaired) electrons. The quantitative estimate of drug-likeness (QED) is 0.759. The zero-order valence-corrected chi connectivity index (χ0v) is 13.6. The number of carbonyl (C=O) groups excluding carboxylic acids is 1. The van der Waals surface area contributed by atoms with Gasteiger partial charge < -0.3 is 10.0 Å². The molecule has 0 aromatic heterocycles. The first-order valence-electron chi connectivity index (χ1n) is 6.00. The number of rotatable bonds is 3. The third-order valence-electron chi connectivity index (χ3n) is 3.26. The molecule has 1 atom stereocenters. The largest absolute Gasteiger partial charge is 0.396 e. The average molecular weight is 424 g/mol. The van der Waals surface area contributed by atoms with Crippen LogP contribution in [0.3, 0.4) is 0 Å². The predicted molar refractivity (Wildman–Crippen MR) is 82.6 cm³/mol. The average Bonchev–Trinajstić information content (AvgIpc) is 2.80. The molecule has 0 aliphatic carbocycles. The summed E-state index contributed by atoms with van der Waals surface area (Å²) in [6.45, 7) is 0.934. The highest BCUT2D eigenvalue weighted by Gasteiger charge is 2.29. The Kier molecular flexibility index (Phi) is 5.03. The summed E-state index contributed by atoms with van der Waals surface area (Å²) < 4.78 is 1.89. The Morgan fingerprint density at radius 1 is 1.56 bits per heavy atom. The van der Waals surface area contributed by atoms with E-state index >= 15 is 0 Å². The van der Waals surface area contributed by atoms with Crippen LogP contribution in [0.1, 0.15) is 29.6 Å². The van der Waals surface area contributed by atoms with Crippen LogP contribution >= 0.6 is 38.5 Å². The highest BCUT2D eigenvalue weighted by atomic mass is 127. The van der Waals surface area contributed by atoms with Crippen molar-refractivity contribution in [2.45, 2.75) is 25.3 Å². The van der Waals surface area contributed by atoms with Gasteiger partial charge in [0.25, 0.3) is 5.91 Å². The summed E-state index contributed by atoms with van der Waals surface area (Å²) in [5.41, 5.74) is 0.715. The number of aliphatic hydroxyl groups excluding tert-OH is 1. The van der Waals surface area contributed by atoms with Crippen LogP contribution in [0, 0.1) is 3.57 Å². The molecule has 1 aliphatic rings. The minimum Gasteiger partial charge on any atom is -0.396 e. The first-order valence-corrected chi connectivity index (χ1v) is 7.87. The maximum absolute atomic E-state index is 12.5. The number of hydrogen-bond donors (Lipinski definition) is 1. The lowest BCUT2D eigenvalue weighted by Crippen LogP contribution is -2.36. The summed E-state index contributed by atoms with van der Waals surface area (Å²) in [7, 11) is 0. The van der Waals surface area contributed by atoms with Crippen LogP contribution in [0.4, 0.5) is 0 Å². The zero-order chi connectivity index (χ0) is 13.1. The number of nitrogens with zero attached hydrogens (tertiary/aromatic N) is 1. The highest BCUT2D eigenvalue weighted by Crippen LogP contribution is 2.26. The van der Waals surface area contributed by atoms with E-state index < -0.39 is 0 Å². The van der Waals surface area contributed by atoms with Gasteiger partial charge in [0.05, 0.1) is 5.56 Å². The predicted octanol–water partition coefficient (Wildman–Crippen LogP) is 3.04. The molecule has 98 valence electrons. The molecule has 1 N–H and O–H groups in total. The van der Waals surface area contributed by atoms with Crippen molar-refractivity contribution in [2.75, 3.05) is 13.2 Å². The minimum atomic E-state index is 0.0661. The minimum absolute atomic E-state index is 0.0661. The van der Waals surface area contributed by atoms with E-state index in [1.165, 1.54) is 0 Å². The Morgan fingerprint density at radius 3 is 3.06 bits per heavy atom. The molecule has 2 rings (SSSR count). The van der Waals surface area contributed by atoms with E-state index in [1.54, 1.807) is 0 Å². The van der Waals surface area contributed by atoms with Crippen molar-refractivity contribution in [3.05, 3.63) is 31.8 Å². The molecular formula is C13H15BrINO2. The van der Waals surface area contributed by atoms with Crippen molar-refractivity contribution in [2.24, 2.45) is 0 Å². The van der Waals surface area contributed by atoms with Crippen LogP contribution in [-0.2, 0) is 0 Å². The molecule has 5 heteroatoms. The first-order chi connectivity index (χ1) is 8.63. The van der Waals surface area contributed by atoms with Crippen molar-refractivity contribution in [3.8, 4) is 0 Å². The lowest BCUT2D eigenvalue weighted by molar-refractivity contribution is 0.0715.